The maximum Gasteiger partial charge on any atom is 0.292 e. The van der Waals surface area contributed by atoms with E-state index in [1.54, 1.807) is 38.5 Å². The van der Waals surface area contributed by atoms with Gasteiger partial charge in [-0.15, -0.1) is 0 Å². The summed E-state index contributed by atoms with van der Waals surface area (Å²) < 4.78 is 10.6. The molecule has 7 heteroatoms. The summed E-state index contributed by atoms with van der Waals surface area (Å²) in [6.45, 7) is 3.24. The van der Waals surface area contributed by atoms with Gasteiger partial charge in [0.15, 0.2) is 6.04 Å². The third-order valence-electron chi connectivity index (χ3n) is 5.80. The van der Waals surface area contributed by atoms with E-state index in [9.17, 15) is 9.59 Å². The SMILES string of the molecule is COc1ccc(N2C(=O)C[C@@H]([NH+]3CCN(c4ccccc4OC)CC3)C2=O)cc1. The van der Waals surface area contributed by atoms with Gasteiger partial charge in [0.2, 0.25) is 5.91 Å². The van der Waals surface area contributed by atoms with Gasteiger partial charge in [-0.2, -0.15) is 0 Å². The van der Waals surface area contributed by atoms with E-state index in [4.69, 9.17) is 9.47 Å². The molecule has 2 aromatic rings. The lowest BCUT2D eigenvalue weighted by Gasteiger charge is -2.36. The number of amides is 2. The summed E-state index contributed by atoms with van der Waals surface area (Å²) in [5.74, 6) is 1.31. The molecular formula is C22H26N3O4+. The number of nitrogens with zero attached hydrogens (tertiary/aromatic N) is 2. The third-order valence-corrected chi connectivity index (χ3v) is 5.80. The molecule has 2 aromatic carbocycles. The van der Waals surface area contributed by atoms with Gasteiger partial charge in [0.05, 0.1) is 58.2 Å². The lowest BCUT2D eigenvalue weighted by atomic mass is 10.1. The van der Waals surface area contributed by atoms with Gasteiger partial charge in [0.25, 0.3) is 5.91 Å². The topological polar surface area (TPSA) is 63.5 Å². The lowest BCUT2D eigenvalue weighted by Crippen LogP contribution is -3.19. The molecular weight excluding hydrogens is 370 g/mol. The second-order valence-corrected chi connectivity index (χ2v) is 7.34. The normalized spacial score (nSPS) is 20.3. The van der Waals surface area contributed by atoms with Crippen LogP contribution in [0.15, 0.2) is 48.5 Å². The van der Waals surface area contributed by atoms with E-state index in [0.717, 1.165) is 37.6 Å². The van der Waals surface area contributed by atoms with Gasteiger partial charge in [-0.3, -0.25) is 9.59 Å². The first-order valence-corrected chi connectivity index (χ1v) is 9.85. The number of carbonyl (C=O) groups excluding carboxylic acids is 2. The van der Waals surface area contributed by atoms with Crippen LogP contribution in [0.25, 0.3) is 0 Å². The molecule has 0 saturated carbocycles. The number of carbonyl (C=O) groups is 2. The third kappa shape index (κ3) is 3.65. The van der Waals surface area contributed by atoms with Crippen LogP contribution < -0.4 is 24.2 Å². The van der Waals surface area contributed by atoms with Crippen LogP contribution in [0.4, 0.5) is 11.4 Å². The van der Waals surface area contributed by atoms with E-state index in [1.807, 2.05) is 18.2 Å². The van der Waals surface area contributed by atoms with Crippen LogP contribution in [-0.4, -0.2) is 58.3 Å². The molecule has 2 aliphatic rings. The number of nitrogens with one attached hydrogen (secondary N) is 1. The van der Waals surface area contributed by atoms with Crippen molar-refractivity contribution in [1.29, 1.82) is 0 Å². The summed E-state index contributed by atoms with van der Waals surface area (Å²) in [5, 5.41) is 0. The molecule has 4 rings (SSSR count). The Kier molecular flexibility index (Phi) is 5.40. The highest BCUT2D eigenvalue weighted by Crippen LogP contribution is 2.28. The Morgan fingerprint density at radius 2 is 1.62 bits per heavy atom. The fourth-order valence-electron chi connectivity index (χ4n) is 4.23. The predicted molar refractivity (Wildman–Crippen MR) is 110 cm³/mol. The smallest absolute Gasteiger partial charge is 0.292 e. The second-order valence-electron chi connectivity index (χ2n) is 7.34. The van der Waals surface area contributed by atoms with Crippen LogP contribution in [-0.2, 0) is 9.59 Å². The highest BCUT2D eigenvalue weighted by atomic mass is 16.5. The van der Waals surface area contributed by atoms with Crippen LogP contribution in [0.1, 0.15) is 6.42 Å². The van der Waals surface area contributed by atoms with Gasteiger partial charge in [-0.05, 0) is 36.4 Å². The molecule has 2 heterocycles. The Balaban J connectivity index is 1.43. The van der Waals surface area contributed by atoms with E-state index < -0.39 is 0 Å². The summed E-state index contributed by atoms with van der Waals surface area (Å²) >= 11 is 0. The van der Waals surface area contributed by atoms with Crippen LogP contribution in [0.3, 0.4) is 0 Å². The van der Waals surface area contributed by atoms with Gasteiger partial charge in [-0.1, -0.05) is 12.1 Å². The Hall–Kier alpha value is -3.06. The van der Waals surface area contributed by atoms with E-state index in [1.165, 1.54) is 9.80 Å². The number of hydrogen-bond acceptors (Lipinski definition) is 5. The largest absolute Gasteiger partial charge is 0.497 e. The first kappa shape index (κ1) is 19.3. The zero-order chi connectivity index (χ0) is 20.4. The van der Waals surface area contributed by atoms with Crippen molar-refractivity contribution >= 4 is 23.2 Å². The molecule has 2 amide bonds. The van der Waals surface area contributed by atoms with Crippen LogP contribution in [0, 0.1) is 0 Å². The van der Waals surface area contributed by atoms with Crippen molar-refractivity contribution in [3.05, 3.63) is 48.5 Å². The first-order chi connectivity index (χ1) is 14.1. The molecule has 0 bridgehead atoms. The molecule has 1 atom stereocenters. The summed E-state index contributed by atoms with van der Waals surface area (Å²) in [6, 6.07) is 14.7. The fourth-order valence-corrected chi connectivity index (χ4v) is 4.23. The van der Waals surface area contributed by atoms with Crippen molar-refractivity contribution < 1.29 is 24.0 Å². The van der Waals surface area contributed by atoms with Gasteiger partial charge in [-0.25, -0.2) is 4.90 Å². The van der Waals surface area contributed by atoms with Crippen LogP contribution in [0.5, 0.6) is 11.5 Å². The first-order valence-electron chi connectivity index (χ1n) is 9.85. The van der Waals surface area contributed by atoms with Crippen molar-refractivity contribution in [2.24, 2.45) is 0 Å². The number of ether oxygens (including phenoxy) is 2. The average Bonchev–Trinajstić information content (AvgIpc) is 3.07. The minimum absolute atomic E-state index is 0.110. The quantitative estimate of drug-likeness (QED) is 0.756. The average molecular weight is 396 g/mol. The number of quaternary nitrogens is 1. The van der Waals surface area contributed by atoms with Gasteiger partial charge in [0.1, 0.15) is 11.5 Å². The van der Waals surface area contributed by atoms with E-state index >= 15 is 0 Å². The zero-order valence-electron chi connectivity index (χ0n) is 16.8. The minimum atomic E-state index is -0.315. The van der Waals surface area contributed by atoms with Gasteiger partial charge < -0.3 is 19.3 Å². The van der Waals surface area contributed by atoms with Crippen molar-refractivity contribution in [3.63, 3.8) is 0 Å². The predicted octanol–water partition coefficient (Wildman–Crippen LogP) is 0.741. The molecule has 2 saturated heterocycles. The van der Waals surface area contributed by atoms with Gasteiger partial charge >= 0.3 is 0 Å². The van der Waals surface area contributed by atoms with Crippen LogP contribution in [0.2, 0.25) is 0 Å². The number of piperazine rings is 1. The molecule has 152 valence electrons. The zero-order valence-corrected chi connectivity index (χ0v) is 16.8. The molecule has 7 nitrogen and oxygen atoms in total. The fraction of sp³-hybridized carbons (Fsp3) is 0.364. The van der Waals surface area contributed by atoms with Crippen molar-refractivity contribution in [2.45, 2.75) is 12.5 Å². The molecule has 29 heavy (non-hydrogen) atoms. The van der Waals surface area contributed by atoms with E-state index in [-0.39, 0.29) is 24.3 Å². The highest BCUT2D eigenvalue weighted by Gasteiger charge is 2.46. The summed E-state index contributed by atoms with van der Waals surface area (Å²) in [7, 11) is 3.27. The van der Waals surface area contributed by atoms with Gasteiger partial charge in [0, 0.05) is 0 Å². The molecule has 1 N–H and O–H groups in total. The monoisotopic (exact) mass is 396 g/mol. The summed E-state index contributed by atoms with van der Waals surface area (Å²) in [6.07, 6.45) is 0.259. The highest BCUT2D eigenvalue weighted by molar-refractivity contribution is 6.21. The molecule has 0 aliphatic carbocycles. The number of hydrogen-bond donors (Lipinski definition) is 1. The molecule has 0 aromatic heterocycles. The van der Waals surface area contributed by atoms with E-state index in [2.05, 4.69) is 11.0 Å². The Bertz CT molecular complexity index is 891. The Labute approximate surface area is 170 Å². The Morgan fingerprint density at radius 3 is 2.28 bits per heavy atom. The lowest BCUT2D eigenvalue weighted by molar-refractivity contribution is -0.915. The number of imide groups is 1. The van der Waals surface area contributed by atoms with Crippen molar-refractivity contribution in [3.8, 4) is 11.5 Å². The molecule has 2 fully saturated rings. The summed E-state index contributed by atoms with van der Waals surface area (Å²) in [4.78, 5) is 30.4. The van der Waals surface area contributed by atoms with E-state index in [0.29, 0.717) is 11.4 Å². The maximum atomic E-state index is 13.0. The number of para-hydroxylation sites is 2. The molecule has 0 spiro atoms. The standard InChI is InChI=1S/C22H25N3O4/c1-28-17-9-7-16(8-10-17)25-21(26)15-19(22(25)27)24-13-11-23(12-14-24)18-5-3-4-6-20(18)29-2/h3-10,19H,11-15H2,1-2H3/p+1/t19-/m1/s1. The van der Waals surface area contributed by atoms with Crippen molar-refractivity contribution in [2.75, 3.05) is 50.2 Å². The Morgan fingerprint density at radius 1 is 0.931 bits per heavy atom. The number of anilines is 2. The second kappa shape index (κ2) is 8.13. The molecule has 2 aliphatic heterocycles. The maximum absolute atomic E-state index is 13.0. The molecule has 0 radical (unpaired) electrons. The number of methoxy groups -OCH3 is 2. The molecule has 0 unspecified atom stereocenters. The minimum Gasteiger partial charge on any atom is -0.497 e. The summed E-state index contributed by atoms with van der Waals surface area (Å²) in [5.41, 5.74) is 1.68. The number of benzene rings is 2. The van der Waals surface area contributed by atoms with Crippen molar-refractivity contribution in [1.82, 2.24) is 0 Å². The number of rotatable bonds is 5. The van der Waals surface area contributed by atoms with Crippen LogP contribution >= 0.6 is 0 Å².